The summed E-state index contributed by atoms with van der Waals surface area (Å²) in [4.78, 5) is 0. The van der Waals surface area contributed by atoms with Crippen LogP contribution in [0.25, 0.3) is 0 Å². The molecule has 0 fully saturated rings. The normalized spacial score (nSPS) is 12.5. The summed E-state index contributed by atoms with van der Waals surface area (Å²) in [6.07, 6.45) is 0. The molecule has 0 atom stereocenters. The van der Waals surface area contributed by atoms with Crippen molar-refractivity contribution < 1.29 is 0 Å². The average Bonchev–Trinajstić information content (AvgIpc) is 1.55. The summed E-state index contributed by atoms with van der Waals surface area (Å²) in [6, 6.07) is 0. The van der Waals surface area contributed by atoms with E-state index in [4.69, 9.17) is 0 Å². The number of hydrogen-bond donors (Lipinski definition) is 0. The van der Waals surface area contributed by atoms with Crippen molar-refractivity contribution in [2.75, 3.05) is 0 Å². The summed E-state index contributed by atoms with van der Waals surface area (Å²) in [5.74, 6) is 0. The predicted molar refractivity (Wildman–Crippen MR) is 57.3 cm³/mol. The van der Waals surface area contributed by atoms with E-state index in [2.05, 4.69) is 46.5 Å². The fourth-order valence-electron chi connectivity index (χ4n) is 0.265. The molecule has 0 aliphatic rings. The molecule has 66 valence electrons. The minimum atomic E-state index is -1.18. The Morgan fingerprint density at radius 1 is 0.727 bits per heavy atom. The van der Waals surface area contributed by atoms with Crippen LogP contribution >= 0.6 is 0 Å². The Morgan fingerprint density at radius 3 is 1.18 bits per heavy atom. The van der Waals surface area contributed by atoms with E-state index >= 15 is 0 Å². The van der Waals surface area contributed by atoms with Gasteiger partial charge in [0.25, 0.3) is 0 Å². The van der Waals surface area contributed by atoms with Gasteiger partial charge in [0.2, 0.25) is 0 Å². The average molecular weight is 253 g/mol. The third-order valence-electron chi connectivity index (χ3n) is 0.629. The Hall–Kier alpha value is 0.553. The Morgan fingerprint density at radius 2 is 1.00 bits per heavy atom. The second-order valence-electron chi connectivity index (χ2n) is 4.61. The van der Waals surface area contributed by atoms with Crippen molar-refractivity contribution in [2.45, 2.75) is 39.3 Å². The van der Waals surface area contributed by atoms with Gasteiger partial charge in [0.15, 0.2) is 0 Å². The molecule has 0 radical (unpaired) electrons. The Kier molecular flexibility index (Phi) is 4.18. The van der Waals surface area contributed by atoms with Gasteiger partial charge in [-0.3, -0.25) is 0 Å². The topological polar surface area (TPSA) is 24.7 Å². The molecule has 0 aromatic carbocycles. The van der Waals surface area contributed by atoms with Gasteiger partial charge in [-0.1, -0.05) is 0 Å². The predicted octanol–water partition coefficient (Wildman–Crippen LogP) is 2.73. The molecule has 2 nitrogen and oxygen atoms in total. The number of rotatable bonds is 2. The van der Waals surface area contributed by atoms with Crippen molar-refractivity contribution in [1.82, 2.24) is 0 Å². The Balaban J connectivity index is 4.25. The fourth-order valence-corrected chi connectivity index (χ4v) is 4.77. The third-order valence-corrected chi connectivity index (χ3v) is 9.81. The Bertz CT molecular complexity index is 166. The third kappa shape index (κ3) is 10.6. The van der Waals surface area contributed by atoms with Crippen LogP contribution in [0.3, 0.4) is 0 Å². The van der Waals surface area contributed by atoms with Crippen LogP contribution in [0.1, 0.15) is 0 Å². The van der Waals surface area contributed by atoms with Gasteiger partial charge in [-0.05, 0) is 0 Å². The van der Waals surface area contributed by atoms with E-state index in [1.165, 1.54) is 0 Å². The maximum absolute atomic E-state index is 4.61. The first-order valence-electron chi connectivity index (χ1n) is 3.81. The van der Waals surface area contributed by atoms with Crippen LogP contribution in [0.5, 0.6) is 0 Å². The Labute approximate surface area is 77.7 Å². The van der Waals surface area contributed by atoms with Crippen molar-refractivity contribution in [3.05, 3.63) is 0 Å². The van der Waals surface area contributed by atoms with Crippen LogP contribution in [0.4, 0.5) is 0 Å². The fraction of sp³-hybridized carbons (Fsp3) is 1.00. The van der Waals surface area contributed by atoms with Crippen LogP contribution in [0.15, 0.2) is 7.26 Å². The SMILES string of the molecule is C[Si](C)(C)N=[Se]=N[Si](C)(C)C. The molecular formula is C6H18N2SeSi2. The van der Waals surface area contributed by atoms with Gasteiger partial charge in [0.1, 0.15) is 0 Å². The van der Waals surface area contributed by atoms with Crippen LogP contribution in [0, 0.1) is 0 Å². The standard InChI is InChI=1S/C6H18N2SeSi2/c1-10(2,3)7-9-8-11(4,5)6/h1-6H3. The molecule has 0 unspecified atom stereocenters. The molecule has 11 heavy (non-hydrogen) atoms. The van der Waals surface area contributed by atoms with Crippen LogP contribution in [0.2, 0.25) is 39.3 Å². The minimum absolute atomic E-state index is 0.217. The van der Waals surface area contributed by atoms with Crippen molar-refractivity contribution in [3.63, 3.8) is 0 Å². The van der Waals surface area contributed by atoms with Gasteiger partial charge in [-0.2, -0.15) is 0 Å². The maximum atomic E-state index is 4.61. The van der Waals surface area contributed by atoms with Crippen LogP contribution < -0.4 is 0 Å². The van der Waals surface area contributed by atoms with Crippen LogP contribution in [-0.2, 0) is 0 Å². The number of hydrogen-bond acceptors (Lipinski definition) is 2. The van der Waals surface area contributed by atoms with E-state index in [1.54, 1.807) is 0 Å². The van der Waals surface area contributed by atoms with E-state index in [-0.39, 0.29) is 14.6 Å². The molecule has 0 N–H and O–H groups in total. The van der Waals surface area contributed by atoms with Gasteiger partial charge >= 0.3 is 77.6 Å². The molecule has 0 aliphatic carbocycles. The van der Waals surface area contributed by atoms with Gasteiger partial charge in [-0.25, -0.2) is 0 Å². The summed E-state index contributed by atoms with van der Waals surface area (Å²) in [5.41, 5.74) is 0. The summed E-state index contributed by atoms with van der Waals surface area (Å²) in [6.45, 7) is 13.6. The molecule has 0 aromatic rings. The molecular weight excluding hydrogens is 235 g/mol. The van der Waals surface area contributed by atoms with Crippen LogP contribution in [-0.4, -0.2) is 31.0 Å². The summed E-state index contributed by atoms with van der Waals surface area (Å²) in [5, 5.41) is 0. The number of nitrogens with zero attached hydrogens (tertiary/aromatic N) is 2. The van der Waals surface area contributed by atoms with E-state index < -0.39 is 16.5 Å². The second-order valence-corrected chi connectivity index (χ2v) is 16.3. The van der Waals surface area contributed by atoms with Gasteiger partial charge in [0, 0.05) is 0 Å². The molecule has 0 aliphatic heterocycles. The summed E-state index contributed by atoms with van der Waals surface area (Å²) in [7, 11) is -2.35. The first-order valence-corrected chi connectivity index (χ1v) is 12.2. The van der Waals surface area contributed by atoms with E-state index in [0.29, 0.717) is 0 Å². The van der Waals surface area contributed by atoms with E-state index in [0.717, 1.165) is 0 Å². The first-order chi connectivity index (χ1) is 4.71. The molecule has 0 bridgehead atoms. The molecule has 5 heteroatoms. The molecule has 0 rings (SSSR count). The molecule has 0 amide bonds. The first kappa shape index (κ1) is 11.6. The quantitative estimate of drug-likeness (QED) is 0.676. The molecule has 0 saturated carbocycles. The van der Waals surface area contributed by atoms with Gasteiger partial charge in [0.05, 0.1) is 0 Å². The summed E-state index contributed by atoms with van der Waals surface area (Å²) >= 11 is 0.217. The van der Waals surface area contributed by atoms with Gasteiger partial charge < -0.3 is 0 Å². The van der Waals surface area contributed by atoms with Gasteiger partial charge in [-0.15, -0.1) is 0 Å². The zero-order chi connectivity index (χ0) is 9.12. The van der Waals surface area contributed by atoms with Crippen molar-refractivity contribution >= 4 is 31.0 Å². The van der Waals surface area contributed by atoms with E-state index in [1.807, 2.05) is 0 Å². The molecule has 0 heterocycles. The molecule has 0 aromatic heterocycles. The zero-order valence-electron chi connectivity index (χ0n) is 8.30. The van der Waals surface area contributed by atoms with Crippen molar-refractivity contribution in [3.8, 4) is 0 Å². The monoisotopic (exact) mass is 254 g/mol. The molecule has 0 saturated heterocycles. The molecule has 0 spiro atoms. The second kappa shape index (κ2) is 3.98. The van der Waals surface area contributed by atoms with E-state index in [9.17, 15) is 0 Å². The summed E-state index contributed by atoms with van der Waals surface area (Å²) < 4.78 is 9.22. The zero-order valence-corrected chi connectivity index (χ0v) is 12.0. The van der Waals surface area contributed by atoms with Crippen molar-refractivity contribution in [1.29, 1.82) is 0 Å². The van der Waals surface area contributed by atoms with Crippen molar-refractivity contribution in [2.24, 2.45) is 7.26 Å².